The third-order valence-corrected chi connectivity index (χ3v) is 4.14. The number of carboxylic acid groups (broad SMARTS) is 1. The molecule has 1 aromatic heterocycles. The van der Waals surface area contributed by atoms with E-state index in [0.717, 1.165) is 28.8 Å². The maximum atomic E-state index is 10.6. The molecule has 0 spiro atoms. The van der Waals surface area contributed by atoms with Gasteiger partial charge in [0.05, 0.1) is 10.6 Å². The van der Waals surface area contributed by atoms with Gasteiger partial charge >= 0.3 is 5.97 Å². The highest BCUT2D eigenvalue weighted by Crippen LogP contribution is 2.44. The first-order valence-electron chi connectivity index (χ1n) is 6.32. The van der Waals surface area contributed by atoms with E-state index in [0.29, 0.717) is 5.92 Å². The highest BCUT2D eigenvalue weighted by atomic mass is 32.1. The molecular formula is C13H18N2O2S. The van der Waals surface area contributed by atoms with E-state index in [1.165, 1.54) is 18.9 Å². The Bertz CT molecular complexity index is 460. The van der Waals surface area contributed by atoms with Crippen LogP contribution in [0.15, 0.2) is 6.08 Å². The average molecular weight is 266 g/mol. The number of hydrogen-bond acceptors (Lipinski definition) is 4. The number of rotatable bonds is 6. The molecule has 0 saturated heterocycles. The molecule has 1 aliphatic rings. The van der Waals surface area contributed by atoms with Crippen molar-refractivity contribution in [3.8, 4) is 0 Å². The predicted octanol–water partition coefficient (Wildman–Crippen LogP) is 2.96. The van der Waals surface area contributed by atoms with Crippen LogP contribution in [0.2, 0.25) is 0 Å². The molecule has 0 unspecified atom stereocenters. The van der Waals surface area contributed by atoms with E-state index in [4.69, 9.17) is 10.1 Å². The maximum absolute atomic E-state index is 10.6. The second kappa shape index (κ2) is 5.52. The van der Waals surface area contributed by atoms with Crippen molar-refractivity contribution in [2.24, 2.45) is 0 Å². The van der Waals surface area contributed by atoms with Crippen LogP contribution in [0.25, 0.3) is 6.08 Å². The summed E-state index contributed by atoms with van der Waals surface area (Å²) in [5, 5.41) is 9.72. The van der Waals surface area contributed by atoms with Crippen LogP contribution < -0.4 is 4.90 Å². The summed E-state index contributed by atoms with van der Waals surface area (Å²) in [6.45, 7) is 6.06. The summed E-state index contributed by atoms with van der Waals surface area (Å²) in [5.74, 6) is -0.367. The zero-order chi connectivity index (χ0) is 13.1. The quantitative estimate of drug-likeness (QED) is 0.804. The molecule has 1 aromatic rings. The third kappa shape index (κ3) is 2.90. The van der Waals surface area contributed by atoms with Crippen molar-refractivity contribution in [2.45, 2.75) is 32.6 Å². The molecule has 0 radical (unpaired) electrons. The van der Waals surface area contributed by atoms with Gasteiger partial charge in [-0.15, -0.1) is 0 Å². The van der Waals surface area contributed by atoms with Gasteiger partial charge in [0, 0.05) is 25.1 Å². The summed E-state index contributed by atoms with van der Waals surface area (Å²) in [7, 11) is 0. The molecule has 98 valence electrons. The first kappa shape index (κ1) is 13.1. The Balaban J connectivity index is 2.29. The van der Waals surface area contributed by atoms with Crippen molar-refractivity contribution < 1.29 is 9.90 Å². The maximum Gasteiger partial charge on any atom is 0.328 e. The Hall–Kier alpha value is -1.36. The lowest BCUT2D eigenvalue weighted by Gasteiger charge is -2.16. The highest BCUT2D eigenvalue weighted by molar-refractivity contribution is 7.16. The minimum atomic E-state index is -0.908. The molecule has 0 bridgehead atoms. The van der Waals surface area contributed by atoms with E-state index in [-0.39, 0.29) is 0 Å². The van der Waals surface area contributed by atoms with E-state index >= 15 is 0 Å². The van der Waals surface area contributed by atoms with E-state index in [9.17, 15) is 4.79 Å². The van der Waals surface area contributed by atoms with Gasteiger partial charge < -0.3 is 10.0 Å². The van der Waals surface area contributed by atoms with E-state index in [1.807, 2.05) is 0 Å². The fraction of sp³-hybridized carbons (Fsp3) is 0.538. The van der Waals surface area contributed by atoms with Crippen LogP contribution in [0.3, 0.4) is 0 Å². The molecule has 1 aliphatic carbocycles. The topological polar surface area (TPSA) is 53.4 Å². The first-order valence-corrected chi connectivity index (χ1v) is 7.14. The second-order valence-electron chi connectivity index (χ2n) is 4.36. The van der Waals surface area contributed by atoms with Crippen molar-refractivity contribution in [2.75, 3.05) is 18.0 Å². The summed E-state index contributed by atoms with van der Waals surface area (Å²) in [6.07, 6.45) is 5.23. The normalized spacial score (nSPS) is 15.2. The number of carboxylic acids is 1. The van der Waals surface area contributed by atoms with Crippen LogP contribution in [0.4, 0.5) is 5.13 Å². The monoisotopic (exact) mass is 266 g/mol. The van der Waals surface area contributed by atoms with E-state index < -0.39 is 5.97 Å². The SMILES string of the molecule is CCN(CC)c1nc(C2CC2)c(/C=C/C(=O)O)s1. The number of aromatic nitrogens is 1. The smallest absolute Gasteiger partial charge is 0.328 e. The van der Waals surface area contributed by atoms with Gasteiger partial charge in [0.15, 0.2) is 5.13 Å². The standard InChI is InChI=1S/C13H18N2O2S/c1-3-15(4-2)13-14-12(9-5-6-9)10(18-13)7-8-11(16)17/h7-9H,3-6H2,1-2H3,(H,16,17)/b8-7+. The van der Waals surface area contributed by atoms with Crippen molar-refractivity contribution >= 4 is 28.5 Å². The van der Waals surface area contributed by atoms with Gasteiger partial charge in [0.25, 0.3) is 0 Å². The van der Waals surface area contributed by atoms with Gasteiger partial charge in [0.2, 0.25) is 0 Å². The highest BCUT2D eigenvalue weighted by Gasteiger charge is 2.29. The number of aliphatic carboxylic acids is 1. The van der Waals surface area contributed by atoms with Crippen LogP contribution in [0, 0.1) is 0 Å². The van der Waals surface area contributed by atoms with Crippen molar-refractivity contribution in [3.63, 3.8) is 0 Å². The fourth-order valence-electron chi connectivity index (χ4n) is 1.88. The Kier molecular flexibility index (Phi) is 4.01. The lowest BCUT2D eigenvalue weighted by atomic mass is 10.2. The summed E-state index contributed by atoms with van der Waals surface area (Å²) in [6, 6.07) is 0. The molecule has 0 aromatic carbocycles. The van der Waals surface area contributed by atoms with Crippen molar-refractivity contribution in [1.29, 1.82) is 0 Å². The largest absolute Gasteiger partial charge is 0.478 e. The van der Waals surface area contributed by atoms with Crippen LogP contribution in [-0.4, -0.2) is 29.1 Å². The van der Waals surface area contributed by atoms with E-state index in [1.54, 1.807) is 17.4 Å². The summed E-state index contributed by atoms with van der Waals surface area (Å²) < 4.78 is 0. The van der Waals surface area contributed by atoms with Crippen LogP contribution in [-0.2, 0) is 4.79 Å². The Morgan fingerprint density at radius 3 is 2.67 bits per heavy atom. The molecule has 0 atom stereocenters. The molecule has 0 aliphatic heterocycles. The second-order valence-corrected chi connectivity index (χ2v) is 5.37. The summed E-state index contributed by atoms with van der Waals surface area (Å²) in [4.78, 5) is 18.5. The molecule has 1 N–H and O–H groups in total. The van der Waals surface area contributed by atoms with Gasteiger partial charge in [-0.05, 0) is 32.8 Å². The summed E-state index contributed by atoms with van der Waals surface area (Å²) >= 11 is 1.59. The van der Waals surface area contributed by atoms with Gasteiger partial charge in [-0.1, -0.05) is 11.3 Å². The zero-order valence-electron chi connectivity index (χ0n) is 10.7. The molecule has 18 heavy (non-hydrogen) atoms. The van der Waals surface area contributed by atoms with Gasteiger partial charge in [0.1, 0.15) is 0 Å². The molecule has 2 rings (SSSR count). The summed E-state index contributed by atoms with van der Waals surface area (Å²) in [5.41, 5.74) is 1.08. The number of anilines is 1. The molecule has 1 fully saturated rings. The molecule has 1 saturated carbocycles. The molecular weight excluding hydrogens is 248 g/mol. The van der Waals surface area contributed by atoms with Crippen LogP contribution >= 0.6 is 11.3 Å². The third-order valence-electron chi connectivity index (χ3n) is 3.05. The predicted molar refractivity (Wildman–Crippen MR) is 74.3 cm³/mol. The van der Waals surface area contributed by atoms with Gasteiger partial charge in [-0.25, -0.2) is 9.78 Å². The van der Waals surface area contributed by atoms with Crippen LogP contribution in [0.5, 0.6) is 0 Å². The lowest BCUT2D eigenvalue weighted by molar-refractivity contribution is -0.131. The lowest BCUT2D eigenvalue weighted by Crippen LogP contribution is -2.21. The molecule has 1 heterocycles. The molecule has 5 heteroatoms. The molecule has 4 nitrogen and oxygen atoms in total. The number of thiazole rings is 1. The van der Waals surface area contributed by atoms with Crippen molar-refractivity contribution in [1.82, 2.24) is 4.98 Å². The Morgan fingerprint density at radius 1 is 1.50 bits per heavy atom. The van der Waals surface area contributed by atoms with E-state index in [2.05, 4.69) is 18.7 Å². The number of carbonyl (C=O) groups is 1. The number of hydrogen-bond donors (Lipinski definition) is 1. The minimum Gasteiger partial charge on any atom is -0.478 e. The molecule has 0 amide bonds. The minimum absolute atomic E-state index is 0.541. The zero-order valence-corrected chi connectivity index (χ0v) is 11.5. The van der Waals surface area contributed by atoms with Gasteiger partial charge in [-0.3, -0.25) is 0 Å². The van der Waals surface area contributed by atoms with Gasteiger partial charge in [-0.2, -0.15) is 0 Å². The number of nitrogens with zero attached hydrogens (tertiary/aromatic N) is 2. The van der Waals surface area contributed by atoms with Crippen LogP contribution in [0.1, 0.15) is 43.2 Å². The Labute approximate surface area is 111 Å². The fourth-order valence-corrected chi connectivity index (χ4v) is 3.06. The van der Waals surface area contributed by atoms with Crippen molar-refractivity contribution in [3.05, 3.63) is 16.6 Å². The Morgan fingerprint density at radius 2 is 2.17 bits per heavy atom. The average Bonchev–Trinajstić information content (AvgIpc) is 3.10. The first-order chi connectivity index (χ1) is 8.65.